The topological polar surface area (TPSA) is 15.3 Å². The lowest BCUT2D eigenvalue weighted by atomic mass is 10.1. The number of hydrogen-bond acceptors (Lipinski definition) is 2. The van der Waals surface area contributed by atoms with Crippen molar-refractivity contribution in [2.24, 2.45) is 0 Å². The van der Waals surface area contributed by atoms with E-state index in [0.717, 1.165) is 6.04 Å². The summed E-state index contributed by atoms with van der Waals surface area (Å²) in [7, 11) is 0. The molecule has 108 valence electrons. The van der Waals surface area contributed by atoms with E-state index in [9.17, 15) is 0 Å². The Bertz CT molecular complexity index is 194. The lowest BCUT2D eigenvalue weighted by Crippen LogP contribution is -2.36. The fourth-order valence-corrected chi connectivity index (χ4v) is 3.09. The van der Waals surface area contributed by atoms with E-state index in [4.69, 9.17) is 0 Å². The molecule has 0 spiro atoms. The van der Waals surface area contributed by atoms with Crippen LogP contribution in [0.25, 0.3) is 0 Å². The molecule has 18 heavy (non-hydrogen) atoms. The first-order valence-electron chi connectivity index (χ1n) is 8.25. The van der Waals surface area contributed by atoms with E-state index < -0.39 is 0 Å². The maximum Gasteiger partial charge on any atom is 0.00926 e. The number of hydrogen-bond donors (Lipinski definition) is 1. The molecule has 0 saturated carbocycles. The summed E-state index contributed by atoms with van der Waals surface area (Å²) < 4.78 is 0. The van der Waals surface area contributed by atoms with Crippen LogP contribution in [-0.2, 0) is 0 Å². The molecule has 0 aromatic heterocycles. The molecule has 2 heteroatoms. The summed E-state index contributed by atoms with van der Waals surface area (Å²) in [5, 5.41) is 3.59. The van der Waals surface area contributed by atoms with Gasteiger partial charge in [-0.1, -0.05) is 26.7 Å². The highest BCUT2D eigenvalue weighted by Gasteiger charge is 2.18. The highest BCUT2D eigenvalue weighted by molar-refractivity contribution is 4.74. The lowest BCUT2D eigenvalue weighted by Gasteiger charge is -2.29. The first kappa shape index (κ1) is 16.0. The third kappa shape index (κ3) is 6.19. The quantitative estimate of drug-likeness (QED) is 0.708. The van der Waals surface area contributed by atoms with Gasteiger partial charge >= 0.3 is 0 Å². The van der Waals surface area contributed by atoms with Crippen LogP contribution < -0.4 is 5.32 Å². The second-order valence-corrected chi connectivity index (χ2v) is 5.94. The van der Waals surface area contributed by atoms with Crippen molar-refractivity contribution >= 4 is 0 Å². The van der Waals surface area contributed by atoms with Crippen LogP contribution in [0.4, 0.5) is 0 Å². The molecule has 1 N–H and O–H groups in total. The molecule has 0 bridgehead atoms. The fourth-order valence-electron chi connectivity index (χ4n) is 3.09. The molecule has 1 aliphatic heterocycles. The Hall–Kier alpha value is -0.0800. The average molecular weight is 254 g/mol. The Balaban J connectivity index is 2.19. The molecule has 2 nitrogen and oxygen atoms in total. The smallest absolute Gasteiger partial charge is 0.00926 e. The molecular weight excluding hydrogens is 220 g/mol. The summed E-state index contributed by atoms with van der Waals surface area (Å²) in [4.78, 5) is 2.76. The zero-order chi connectivity index (χ0) is 13.2. The molecule has 1 heterocycles. The summed E-state index contributed by atoms with van der Waals surface area (Å²) in [6, 6.07) is 1.56. The Morgan fingerprint density at radius 1 is 1.22 bits per heavy atom. The van der Waals surface area contributed by atoms with Gasteiger partial charge in [-0.25, -0.2) is 0 Å². The SMILES string of the molecule is CCCNC(C)CCCN1CCCCCC1CC. The van der Waals surface area contributed by atoms with Crippen molar-refractivity contribution < 1.29 is 0 Å². The predicted octanol–water partition coefficient (Wildman–Crippen LogP) is 3.81. The van der Waals surface area contributed by atoms with E-state index >= 15 is 0 Å². The normalized spacial score (nSPS) is 23.8. The van der Waals surface area contributed by atoms with Crippen LogP contribution in [-0.4, -0.2) is 36.6 Å². The zero-order valence-electron chi connectivity index (χ0n) is 12.9. The van der Waals surface area contributed by atoms with E-state index in [2.05, 4.69) is 31.0 Å². The summed E-state index contributed by atoms with van der Waals surface area (Å²) in [5.74, 6) is 0. The molecule has 0 aromatic rings. The maximum atomic E-state index is 3.59. The summed E-state index contributed by atoms with van der Waals surface area (Å²) >= 11 is 0. The van der Waals surface area contributed by atoms with E-state index in [1.54, 1.807) is 0 Å². The van der Waals surface area contributed by atoms with Gasteiger partial charge in [0.15, 0.2) is 0 Å². The lowest BCUT2D eigenvalue weighted by molar-refractivity contribution is 0.189. The molecule has 1 fully saturated rings. The van der Waals surface area contributed by atoms with Crippen molar-refractivity contribution in [2.45, 2.75) is 84.2 Å². The number of likely N-dealkylation sites (tertiary alicyclic amines) is 1. The van der Waals surface area contributed by atoms with Crippen LogP contribution in [0.15, 0.2) is 0 Å². The number of rotatable bonds is 8. The number of nitrogens with zero attached hydrogens (tertiary/aromatic N) is 1. The third-order valence-corrected chi connectivity index (χ3v) is 4.30. The van der Waals surface area contributed by atoms with Gasteiger partial charge in [-0.15, -0.1) is 0 Å². The highest BCUT2D eigenvalue weighted by Crippen LogP contribution is 2.19. The first-order valence-corrected chi connectivity index (χ1v) is 8.25. The van der Waals surface area contributed by atoms with Gasteiger partial charge in [0.2, 0.25) is 0 Å². The molecule has 0 aromatic carbocycles. The van der Waals surface area contributed by atoms with Gasteiger partial charge in [-0.2, -0.15) is 0 Å². The Kier molecular flexibility index (Phi) is 8.70. The molecule has 0 amide bonds. The largest absolute Gasteiger partial charge is 0.314 e. The van der Waals surface area contributed by atoms with Crippen molar-refractivity contribution in [3.63, 3.8) is 0 Å². The molecule has 2 atom stereocenters. The Morgan fingerprint density at radius 2 is 2.06 bits per heavy atom. The monoisotopic (exact) mass is 254 g/mol. The minimum absolute atomic E-state index is 0.692. The van der Waals surface area contributed by atoms with Crippen molar-refractivity contribution in [3.05, 3.63) is 0 Å². The second-order valence-electron chi connectivity index (χ2n) is 5.94. The van der Waals surface area contributed by atoms with Crippen LogP contribution in [0.2, 0.25) is 0 Å². The molecule has 2 unspecified atom stereocenters. The van der Waals surface area contributed by atoms with Gasteiger partial charge in [0.05, 0.1) is 0 Å². The van der Waals surface area contributed by atoms with Gasteiger partial charge in [0.25, 0.3) is 0 Å². The molecular formula is C16H34N2. The van der Waals surface area contributed by atoms with Gasteiger partial charge in [0, 0.05) is 12.1 Å². The second kappa shape index (κ2) is 9.80. The Morgan fingerprint density at radius 3 is 2.78 bits per heavy atom. The van der Waals surface area contributed by atoms with Crippen LogP contribution in [0.5, 0.6) is 0 Å². The minimum atomic E-state index is 0.692. The third-order valence-electron chi connectivity index (χ3n) is 4.30. The first-order chi connectivity index (χ1) is 8.77. The molecule has 0 aliphatic carbocycles. The van der Waals surface area contributed by atoms with Gasteiger partial charge in [0.1, 0.15) is 0 Å². The number of nitrogens with one attached hydrogen (secondary N) is 1. The summed E-state index contributed by atoms with van der Waals surface area (Å²) in [6.07, 6.45) is 11.0. The minimum Gasteiger partial charge on any atom is -0.314 e. The maximum absolute atomic E-state index is 3.59. The van der Waals surface area contributed by atoms with E-state index in [-0.39, 0.29) is 0 Å². The van der Waals surface area contributed by atoms with Crippen molar-refractivity contribution in [1.29, 1.82) is 0 Å². The van der Waals surface area contributed by atoms with Crippen LogP contribution in [0.1, 0.15) is 72.1 Å². The zero-order valence-corrected chi connectivity index (χ0v) is 12.9. The standard InChI is InChI=1S/C16H34N2/c1-4-12-17-15(3)10-9-14-18-13-8-6-7-11-16(18)5-2/h15-17H,4-14H2,1-3H3. The van der Waals surface area contributed by atoms with E-state index in [1.807, 2.05) is 0 Å². The van der Waals surface area contributed by atoms with E-state index in [0.29, 0.717) is 6.04 Å². The Labute approximate surface area is 115 Å². The van der Waals surface area contributed by atoms with Gasteiger partial charge in [-0.05, 0) is 65.1 Å². The molecule has 1 saturated heterocycles. The highest BCUT2D eigenvalue weighted by atomic mass is 15.1. The average Bonchev–Trinajstić information content (AvgIpc) is 2.61. The van der Waals surface area contributed by atoms with Crippen LogP contribution in [0, 0.1) is 0 Å². The van der Waals surface area contributed by atoms with Crippen LogP contribution in [0.3, 0.4) is 0 Å². The van der Waals surface area contributed by atoms with Gasteiger partial charge < -0.3 is 10.2 Å². The fraction of sp³-hybridized carbons (Fsp3) is 1.00. The van der Waals surface area contributed by atoms with Crippen molar-refractivity contribution in [3.8, 4) is 0 Å². The van der Waals surface area contributed by atoms with Crippen molar-refractivity contribution in [2.75, 3.05) is 19.6 Å². The summed E-state index contributed by atoms with van der Waals surface area (Å²) in [6.45, 7) is 10.8. The van der Waals surface area contributed by atoms with E-state index in [1.165, 1.54) is 71.0 Å². The van der Waals surface area contributed by atoms with Crippen molar-refractivity contribution in [1.82, 2.24) is 10.2 Å². The molecule has 0 radical (unpaired) electrons. The van der Waals surface area contributed by atoms with Gasteiger partial charge in [-0.3, -0.25) is 0 Å². The van der Waals surface area contributed by atoms with Crippen LogP contribution >= 0.6 is 0 Å². The molecule has 1 rings (SSSR count). The predicted molar refractivity (Wildman–Crippen MR) is 81.1 cm³/mol. The summed E-state index contributed by atoms with van der Waals surface area (Å²) in [5.41, 5.74) is 0. The molecule has 1 aliphatic rings.